The van der Waals surface area contributed by atoms with E-state index in [1.807, 2.05) is 6.07 Å². The number of carbonyl (C=O) groups is 1. The van der Waals surface area contributed by atoms with E-state index >= 15 is 0 Å². The smallest absolute Gasteiger partial charge is 0.266 e. The Hall–Kier alpha value is -1.66. The van der Waals surface area contributed by atoms with E-state index in [-0.39, 0.29) is 11.5 Å². The Balaban J connectivity index is 1.68. The maximum atomic E-state index is 12.4. The Bertz CT molecular complexity index is 476. The third kappa shape index (κ3) is 6.63. The fourth-order valence-corrected chi connectivity index (χ4v) is 3.07. The molecule has 2 fully saturated rings. The first kappa shape index (κ1) is 19.7. The zero-order valence-electron chi connectivity index (χ0n) is 15.0. The molecule has 25 heavy (non-hydrogen) atoms. The minimum Gasteiger partial charge on any atom is -0.390 e. The SMILES string of the molecule is N#C/C(=C/NCCCN1CCOCC1)C(=O)N1CCN(CCN)CC1. The third-order valence-electron chi connectivity index (χ3n) is 4.60. The van der Waals surface area contributed by atoms with Crippen molar-refractivity contribution in [3.05, 3.63) is 11.8 Å². The number of morpholine rings is 1. The van der Waals surface area contributed by atoms with Crippen LogP contribution in [0.15, 0.2) is 11.8 Å². The molecule has 0 aromatic heterocycles. The average molecular weight is 350 g/mol. The third-order valence-corrected chi connectivity index (χ3v) is 4.60. The molecule has 2 heterocycles. The number of nitriles is 1. The zero-order valence-corrected chi connectivity index (χ0v) is 15.0. The van der Waals surface area contributed by atoms with Gasteiger partial charge in [0.15, 0.2) is 0 Å². The van der Waals surface area contributed by atoms with Crippen LogP contribution in [0.25, 0.3) is 0 Å². The van der Waals surface area contributed by atoms with E-state index in [4.69, 9.17) is 10.5 Å². The van der Waals surface area contributed by atoms with Gasteiger partial charge in [0.2, 0.25) is 0 Å². The highest BCUT2D eigenvalue weighted by atomic mass is 16.5. The molecule has 1 amide bonds. The van der Waals surface area contributed by atoms with Gasteiger partial charge in [0.05, 0.1) is 13.2 Å². The molecule has 0 saturated carbocycles. The lowest BCUT2D eigenvalue weighted by Gasteiger charge is -2.34. The van der Waals surface area contributed by atoms with Gasteiger partial charge in [0, 0.05) is 65.1 Å². The maximum absolute atomic E-state index is 12.4. The van der Waals surface area contributed by atoms with Crippen molar-refractivity contribution in [3.63, 3.8) is 0 Å². The van der Waals surface area contributed by atoms with Crippen molar-refractivity contribution in [2.45, 2.75) is 6.42 Å². The monoisotopic (exact) mass is 350 g/mol. The van der Waals surface area contributed by atoms with E-state index in [1.165, 1.54) is 0 Å². The summed E-state index contributed by atoms with van der Waals surface area (Å²) < 4.78 is 5.32. The Labute approximate surface area is 150 Å². The number of hydrogen-bond donors (Lipinski definition) is 2. The molecular weight excluding hydrogens is 320 g/mol. The summed E-state index contributed by atoms with van der Waals surface area (Å²) in [6.07, 6.45) is 2.54. The zero-order chi connectivity index (χ0) is 17.9. The summed E-state index contributed by atoms with van der Waals surface area (Å²) in [5.74, 6) is -0.185. The summed E-state index contributed by atoms with van der Waals surface area (Å²) in [5.41, 5.74) is 5.74. The largest absolute Gasteiger partial charge is 0.390 e. The Morgan fingerprint density at radius 2 is 1.80 bits per heavy atom. The summed E-state index contributed by atoms with van der Waals surface area (Å²) in [5, 5.41) is 12.4. The average Bonchev–Trinajstić information content (AvgIpc) is 2.66. The molecule has 2 rings (SSSR count). The fraction of sp³-hybridized carbons (Fsp3) is 0.765. The Kier molecular flexibility index (Phi) is 8.69. The van der Waals surface area contributed by atoms with Crippen molar-refractivity contribution in [3.8, 4) is 6.07 Å². The van der Waals surface area contributed by atoms with E-state index < -0.39 is 0 Å². The van der Waals surface area contributed by atoms with Crippen LogP contribution in [0.2, 0.25) is 0 Å². The van der Waals surface area contributed by atoms with Crippen molar-refractivity contribution in [2.24, 2.45) is 5.73 Å². The van der Waals surface area contributed by atoms with E-state index in [2.05, 4.69) is 15.1 Å². The topological polar surface area (TPSA) is 97.9 Å². The second-order valence-electron chi connectivity index (χ2n) is 6.35. The normalized spacial score (nSPS) is 20.3. The lowest BCUT2D eigenvalue weighted by atomic mass is 10.2. The molecule has 0 aromatic carbocycles. The van der Waals surface area contributed by atoms with E-state index in [9.17, 15) is 10.1 Å². The van der Waals surface area contributed by atoms with E-state index in [1.54, 1.807) is 11.1 Å². The number of carbonyl (C=O) groups excluding carboxylic acids is 1. The molecule has 2 saturated heterocycles. The van der Waals surface area contributed by atoms with Gasteiger partial charge in [-0.25, -0.2) is 0 Å². The lowest BCUT2D eigenvalue weighted by Crippen LogP contribution is -2.50. The molecule has 0 radical (unpaired) electrons. The van der Waals surface area contributed by atoms with Gasteiger partial charge < -0.3 is 20.7 Å². The van der Waals surface area contributed by atoms with Gasteiger partial charge >= 0.3 is 0 Å². The predicted octanol–water partition coefficient (Wildman–Crippen LogP) is -1.19. The summed E-state index contributed by atoms with van der Waals surface area (Å²) in [6, 6.07) is 2.02. The van der Waals surface area contributed by atoms with Crippen molar-refractivity contribution < 1.29 is 9.53 Å². The number of amides is 1. The summed E-state index contributed by atoms with van der Waals surface area (Å²) in [6.45, 7) is 9.73. The van der Waals surface area contributed by atoms with Crippen molar-refractivity contribution >= 4 is 5.91 Å². The second kappa shape index (κ2) is 11.1. The highest BCUT2D eigenvalue weighted by Gasteiger charge is 2.23. The molecule has 2 aliphatic rings. The van der Waals surface area contributed by atoms with Gasteiger partial charge in [-0.2, -0.15) is 5.26 Å². The summed E-state index contributed by atoms with van der Waals surface area (Å²) >= 11 is 0. The van der Waals surface area contributed by atoms with Crippen LogP contribution >= 0.6 is 0 Å². The van der Waals surface area contributed by atoms with Crippen LogP contribution in [0.1, 0.15) is 6.42 Å². The Morgan fingerprint density at radius 3 is 2.44 bits per heavy atom. The van der Waals surface area contributed by atoms with Crippen LogP contribution in [0.5, 0.6) is 0 Å². The first-order chi connectivity index (χ1) is 12.2. The highest BCUT2D eigenvalue weighted by molar-refractivity contribution is 5.97. The molecule has 0 atom stereocenters. The first-order valence-corrected chi connectivity index (χ1v) is 9.10. The van der Waals surface area contributed by atoms with Gasteiger partial charge in [-0.1, -0.05) is 0 Å². The molecule has 0 aromatic rings. The number of piperazine rings is 1. The quantitative estimate of drug-likeness (QED) is 0.323. The van der Waals surface area contributed by atoms with Crippen LogP contribution in [0.4, 0.5) is 0 Å². The maximum Gasteiger partial charge on any atom is 0.266 e. The van der Waals surface area contributed by atoms with Crippen molar-refractivity contribution in [1.82, 2.24) is 20.0 Å². The number of rotatable bonds is 8. The van der Waals surface area contributed by atoms with Crippen LogP contribution in [0.3, 0.4) is 0 Å². The molecule has 0 aliphatic carbocycles. The van der Waals surface area contributed by atoms with Crippen LogP contribution in [-0.2, 0) is 9.53 Å². The van der Waals surface area contributed by atoms with E-state index in [0.717, 1.165) is 65.4 Å². The standard InChI is InChI=1S/C17H30N6O2/c18-2-5-22-6-8-23(9-7-22)17(24)16(14-19)15-20-3-1-4-21-10-12-25-13-11-21/h15,20H,1-13,18H2/b16-15-. The van der Waals surface area contributed by atoms with Gasteiger partial charge in [-0.3, -0.25) is 14.6 Å². The minimum atomic E-state index is -0.185. The van der Waals surface area contributed by atoms with Crippen molar-refractivity contribution in [1.29, 1.82) is 5.26 Å². The van der Waals surface area contributed by atoms with Crippen molar-refractivity contribution in [2.75, 3.05) is 78.7 Å². The van der Waals surface area contributed by atoms with Gasteiger partial charge in [-0.15, -0.1) is 0 Å². The number of nitrogens with one attached hydrogen (secondary N) is 1. The summed E-state index contributed by atoms with van der Waals surface area (Å²) in [4.78, 5) is 18.8. The highest BCUT2D eigenvalue weighted by Crippen LogP contribution is 2.06. The predicted molar refractivity (Wildman–Crippen MR) is 95.6 cm³/mol. The number of nitrogens with zero attached hydrogens (tertiary/aromatic N) is 4. The molecule has 0 spiro atoms. The number of hydrogen-bond acceptors (Lipinski definition) is 7. The number of ether oxygens (including phenoxy) is 1. The molecule has 140 valence electrons. The van der Waals surface area contributed by atoms with Crippen LogP contribution < -0.4 is 11.1 Å². The molecule has 8 heteroatoms. The minimum absolute atomic E-state index is 0.179. The fourth-order valence-electron chi connectivity index (χ4n) is 3.07. The molecule has 0 unspecified atom stereocenters. The second-order valence-corrected chi connectivity index (χ2v) is 6.35. The molecule has 8 nitrogen and oxygen atoms in total. The summed E-state index contributed by atoms with van der Waals surface area (Å²) in [7, 11) is 0. The molecule has 3 N–H and O–H groups in total. The lowest BCUT2D eigenvalue weighted by molar-refractivity contribution is -0.128. The Morgan fingerprint density at radius 1 is 1.12 bits per heavy atom. The van der Waals surface area contributed by atoms with Gasteiger partial charge in [0.1, 0.15) is 11.6 Å². The van der Waals surface area contributed by atoms with Gasteiger partial charge in [-0.05, 0) is 13.0 Å². The van der Waals surface area contributed by atoms with Crippen LogP contribution in [-0.4, -0.2) is 99.3 Å². The molecular formula is C17H30N6O2. The van der Waals surface area contributed by atoms with Crippen LogP contribution in [0, 0.1) is 11.3 Å². The molecule has 0 bridgehead atoms. The molecule has 2 aliphatic heterocycles. The van der Waals surface area contributed by atoms with E-state index in [0.29, 0.717) is 19.6 Å². The number of nitrogens with two attached hydrogens (primary N) is 1. The van der Waals surface area contributed by atoms with Gasteiger partial charge in [0.25, 0.3) is 5.91 Å². The first-order valence-electron chi connectivity index (χ1n) is 9.10.